The van der Waals surface area contributed by atoms with Gasteiger partial charge in [0.15, 0.2) is 0 Å². The molecule has 2 aromatic rings. The Kier molecular flexibility index (Phi) is 4.54. The van der Waals surface area contributed by atoms with Gasteiger partial charge in [0.05, 0.1) is 11.6 Å². The maximum Gasteiger partial charge on any atom is 0.298 e. The molecule has 0 saturated heterocycles. The van der Waals surface area contributed by atoms with Crippen LogP contribution in [0.15, 0.2) is 22.7 Å². The van der Waals surface area contributed by atoms with Crippen LogP contribution in [0.4, 0.5) is 0 Å². The molecule has 2 rings (SSSR count). The number of benzene rings is 1. The average molecular weight is 329 g/mol. The first kappa shape index (κ1) is 13.3. The van der Waals surface area contributed by atoms with Crippen molar-refractivity contribution in [2.45, 2.75) is 19.8 Å². The summed E-state index contributed by atoms with van der Waals surface area (Å²) in [7, 11) is 1.63. The molecular weight excluding hydrogens is 316 g/mol. The van der Waals surface area contributed by atoms with Crippen molar-refractivity contribution in [3.8, 4) is 16.7 Å². The zero-order chi connectivity index (χ0) is 13.0. The fourth-order valence-corrected chi connectivity index (χ4v) is 2.42. The summed E-state index contributed by atoms with van der Waals surface area (Å²) in [5.74, 6) is 2.32. The first-order valence-corrected chi connectivity index (χ1v) is 7.13. The lowest BCUT2D eigenvalue weighted by Gasteiger charge is -2.05. The normalized spacial score (nSPS) is 10.4. The Balaban J connectivity index is 2.12. The molecule has 96 valence electrons. The van der Waals surface area contributed by atoms with Crippen molar-refractivity contribution in [1.29, 1.82) is 0 Å². The average Bonchev–Trinajstić information content (AvgIpc) is 2.80. The van der Waals surface area contributed by atoms with Crippen molar-refractivity contribution < 1.29 is 9.47 Å². The second-order valence-corrected chi connectivity index (χ2v) is 5.19. The lowest BCUT2D eigenvalue weighted by atomic mass is 10.3. The molecular formula is C12H13BrN2O2S. The summed E-state index contributed by atoms with van der Waals surface area (Å²) in [6.45, 7) is 2.10. The van der Waals surface area contributed by atoms with Gasteiger partial charge in [-0.2, -0.15) is 9.36 Å². The highest BCUT2D eigenvalue weighted by molar-refractivity contribution is 9.10. The van der Waals surface area contributed by atoms with Gasteiger partial charge >= 0.3 is 0 Å². The second kappa shape index (κ2) is 6.15. The van der Waals surface area contributed by atoms with Gasteiger partial charge in [-0.05, 0) is 40.5 Å². The van der Waals surface area contributed by atoms with Crippen molar-refractivity contribution in [2.24, 2.45) is 0 Å². The minimum atomic E-state index is 0.560. The standard InChI is InChI=1S/C12H13BrN2O2S/c1-3-4-11-14-12(18-15-11)17-10-6-5-8(16-2)7-9(10)13/h5-7H,3-4H2,1-2H3. The number of aryl methyl sites for hydroxylation is 1. The lowest BCUT2D eigenvalue weighted by molar-refractivity contribution is 0.412. The Morgan fingerprint density at radius 1 is 1.39 bits per heavy atom. The monoisotopic (exact) mass is 328 g/mol. The molecule has 0 aliphatic rings. The van der Waals surface area contributed by atoms with Crippen molar-refractivity contribution in [3.63, 3.8) is 0 Å². The number of halogens is 1. The van der Waals surface area contributed by atoms with E-state index >= 15 is 0 Å². The van der Waals surface area contributed by atoms with Gasteiger partial charge < -0.3 is 9.47 Å². The van der Waals surface area contributed by atoms with Gasteiger partial charge in [-0.1, -0.05) is 6.92 Å². The molecule has 0 N–H and O–H groups in total. The minimum absolute atomic E-state index is 0.560. The van der Waals surface area contributed by atoms with Crippen LogP contribution in [0.3, 0.4) is 0 Å². The molecule has 4 nitrogen and oxygen atoms in total. The smallest absolute Gasteiger partial charge is 0.298 e. The number of hydrogen-bond donors (Lipinski definition) is 0. The van der Waals surface area contributed by atoms with Gasteiger partial charge in [-0.15, -0.1) is 0 Å². The molecule has 0 aliphatic carbocycles. The molecule has 6 heteroatoms. The van der Waals surface area contributed by atoms with E-state index in [1.165, 1.54) is 11.5 Å². The maximum atomic E-state index is 5.68. The first-order valence-electron chi connectivity index (χ1n) is 5.57. The van der Waals surface area contributed by atoms with Gasteiger partial charge in [0, 0.05) is 18.0 Å². The molecule has 0 amide bonds. The number of aromatic nitrogens is 2. The SMILES string of the molecule is CCCc1nsc(Oc2ccc(OC)cc2Br)n1. The highest BCUT2D eigenvalue weighted by Gasteiger charge is 2.08. The van der Waals surface area contributed by atoms with Crippen LogP contribution in [-0.2, 0) is 6.42 Å². The predicted molar refractivity (Wildman–Crippen MR) is 74.7 cm³/mol. The van der Waals surface area contributed by atoms with Crippen LogP contribution < -0.4 is 9.47 Å². The molecule has 0 saturated carbocycles. The zero-order valence-electron chi connectivity index (χ0n) is 10.1. The number of nitrogens with zero attached hydrogens (tertiary/aromatic N) is 2. The van der Waals surface area contributed by atoms with Crippen LogP contribution in [-0.4, -0.2) is 16.5 Å². The number of ether oxygens (including phenoxy) is 2. The van der Waals surface area contributed by atoms with Gasteiger partial charge in [0.1, 0.15) is 17.3 Å². The van der Waals surface area contributed by atoms with Gasteiger partial charge in [0.25, 0.3) is 5.19 Å². The molecule has 0 bridgehead atoms. The third kappa shape index (κ3) is 3.20. The van der Waals surface area contributed by atoms with E-state index in [-0.39, 0.29) is 0 Å². The first-order chi connectivity index (χ1) is 8.72. The van der Waals surface area contributed by atoms with E-state index in [9.17, 15) is 0 Å². The molecule has 1 aromatic carbocycles. The quantitative estimate of drug-likeness (QED) is 0.830. The summed E-state index contributed by atoms with van der Waals surface area (Å²) in [4.78, 5) is 4.31. The van der Waals surface area contributed by atoms with Crippen LogP contribution in [0.2, 0.25) is 0 Å². The summed E-state index contributed by atoms with van der Waals surface area (Å²) in [6.07, 6.45) is 1.91. The molecule has 0 aliphatic heterocycles. The van der Waals surface area contributed by atoms with E-state index in [0.717, 1.165) is 28.9 Å². The topological polar surface area (TPSA) is 44.2 Å². The molecule has 1 aromatic heterocycles. The summed E-state index contributed by atoms with van der Waals surface area (Å²) >= 11 is 4.70. The molecule has 1 heterocycles. The summed E-state index contributed by atoms with van der Waals surface area (Å²) in [6, 6.07) is 5.53. The highest BCUT2D eigenvalue weighted by atomic mass is 79.9. The number of methoxy groups -OCH3 is 1. The van der Waals surface area contributed by atoms with E-state index in [4.69, 9.17) is 9.47 Å². The lowest BCUT2D eigenvalue weighted by Crippen LogP contribution is -1.89. The third-order valence-electron chi connectivity index (χ3n) is 2.26. The Labute approximate surface area is 118 Å². The predicted octanol–water partition coefficient (Wildman–Crippen LogP) is 4.05. The van der Waals surface area contributed by atoms with Crippen LogP contribution in [0.5, 0.6) is 16.7 Å². The highest BCUT2D eigenvalue weighted by Crippen LogP contribution is 2.33. The number of hydrogen-bond acceptors (Lipinski definition) is 5. The fraction of sp³-hybridized carbons (Fsp3) is 0.333. The Hall–Kier alpha value is -1.14. The molecule has 18 heavy (non-hydrogen) atoms. The number of rotatable bonds is 5. The van der Waals surface area contributed by atoms with E-state index in [1.807, 2.05) is 18.2 Å². The summed E-state index contributed by atoms with van der Waals surface area (Å²) in [5.41, 5.74) is 0. The largest absolute Gasteiger partial charge is 0.497 e. The van der Waals surface area contributed by atoms with Gasteiger partial charge in [-0.25, -0.2) is 0 Å². The van der Waals surface area contributed by atoms with Gasteiger partial charge in [-0.3, -0.25) is 0 Å². The second-order valence-electron chi connectivity index (χ2n) is 3.62. The minimum Gasteiger partial charge on any atom is -0.497 e. The molecule has 0 unspecified atom stereocenters. The van der Waals surface area contributed by atoms with Crippen molar-refractivity contribution >= 4 is 27.5 Å². The van der Waals surface area contributed by atoms with E-state index in [1.54, 1.807) is 7.11 Å². The van der Waals surface area contributed by atoms with Crippen LogP contribution in [0.25, 0.3) is 0 Å². The van der Waals surface area contributed by atoms with E-state index in [2.05, 4.69) is 32.2 Å². The van der Waals surface area contributed by atoms with Crippen molar-refractivity contribution in [3.05, 3.63) is 28.5 Å². The van der Waals surface area contributed by atoms with E-state index < -0.39 is 0 Å². The Morgan fingerprint density at radius 2 is 2.22 bits per heavy atom. The zero-order valence-corrected chi connectivity index (χ0v) is 12.5. The Morgan fingerprint density at radius 3 is 2.89 bits per heavy atom. The molecule has 0 spiro atoms. The third-order valence-corrected chi connectivity index (χ3v) is 3.51. The summed E-state index contributed by atoms with van der Waals surface area (Å²) < 4.78 is 15.9. The maximum absolute atomic E-state index is 5.68. The van der Waals surface area contributed by atoms with Gasteiger partial charge in [0.2, 0.25) is 0 Å². The molecule has 0 radical (unpaired) electrons. The molecule has 0 atom stereocenters. The van der Waals surface area contributed by atoms with Crippen molar-refractivity contribution in [1.82, 2.24) is 9.36 Å². The van der Waals surface area contributed by atoms with Crippen LogP contribution in [0.1, 0.15) is 19.2 Å². The van der Waals surface area contributed by atoms with Crippen LogP contribution >= 0.6 is 27.5 Å². The fourth-order valence-electron chi connectivity index (χ4n) is 1.39. The van der Waals surface area contributed by atoms with E-state index in [0.29, 0.717) is 10.9 Å². The Bertz CT molecular complexity index is 531. The van der Waals surface area contributed by atoms with Crippen molar-refractivity contribution in [2.75, 3.05) is 7.11 Å². The molecule has 0 fully saturated rings. The summed E-state index contributed by atoms with van der Waals surface area (Å²) in [5, 5.41) is 0.560. The van der Waals surface area contributed by atoms with Crippen LogP contribution in [0, 0.1) is 0 Å².